The second-order valence-corrected chi connectivity index (χ2v) is 7.45. The number of rotatable bonds is 8. The third kappa shape index (κ3) is 6.04. The van der Waals surface area contributed by atoms with Gasteiger partial charge < -0.3 is 9.47 Å². The van der Waals surface area contributed by atoms with Crippen molar-refractivity contribution in [2.75, 3.05) is 12.0 Å². The highest BCUT2D eigenvalue weighted by Crippen LogP contribution is 2.23. The van der Waals surface area contributed by atoms with Crippen LogP contribution < -0.4 is 10.2 Å². The molecule has 0 fully saturated rings. The van der Waals surface area contributed by atoms with Crippen molar-refractivity contribution in [1.29, 1.82) is 0 Å². The van der Waals surface area contributed by atoms with Crippen molar-refractivity contribution in [1.82, 2.24) is 4.98 Å². The summed E-state index contributed by atoms with van der Waals surface area (Å²) in [5, 5.41) is 5.41. The average Bonchev–Trinajstić information content (AvgIpc) is 3.09. The van der Waals surface area contributed by atoms with Gasteiger partial charge in [-0.3, -0.25) is 5.43 Å². The van der Waals surface area contributed by atoms with E-state index in [-0.39, 0.29) is 5.97 Å². The first-order valence-electron chi connectivity index (χ1n) is 8.96. The Kier molecular flexibility index (Phi) is 7.21. The van der Waals surface area contributed by atoms with Crippen LogP contribution >= 0.6 is 22.9 Å². The van der Waals surface area contributed by atoms with Crippen molar-refractivity contribution < 1.29 is 14.3 Å². The van der Waals surface area contributed by atoms with Crippen molar-refractivity contribution in [3.63, 3.8) is 0 Å². The summed E-state index contributed by atoms with van der Waals surface area (Å²) < 4.78 is 10.8. The van der Waals surface area contributed by atoms with Crippen LogP contribution in [0.1, 0.15) is 33.4 Å². The van der Waals surface area contributed by atoms with Gasteiger partial charge in [0.1, 0.15) is 17.2 Å². The lowest BCUT2D eigenvalue weighted by Gasteiger charge is -2.07. The molecule has 0 amide bonds. The van der Waals surface area contributed by atoms with Crippen molar-refractivity contribution in [2.24, 2.45) is 5.10 Å². The quantitative estimate of drug-likeness (QED) is 0.298. The minimum Gasteiger partial charge on any atom is -0.489 e. The van der Waals surface area contributed by atoms with Crippen LogP contribution in [0.15, 0.2) is 53.6 Å². The van der Waals surface area contributed by atoms with Crippen LogP contribution in [0.3, 0.4) is 0 Å². The Labute approximate surface area is 178 Å². The normalized spacial score (nSPS) is 10.9. The molecular weight excluding hydrogens is 410 g/mol. The van der Waals surface area contributed by atoms with Gasteiger partial charge in [-0.05, 0) is 49.2 Å². The molecule has 1 N–H and O–H groups in total. The SMILES string of the molecule is CCOC(=O)c1sc(N/N=C\c2cccc(OCc3ccc(Cl)cc3)c2)nc1C. The second-order valence-electron chi connectivity index (χ2n) is 6.01. The van der Waals surface area contributed by atoms with Gasteiger partial charge in [-0.25, -0.2) is 9.78 Å². The fourth-order valence-electron chi connectivity index (χ4n) is 2.42. The molecule has 1 heterocycles. The number of ether oxygens (including phenoxy) is 2. The highest BCUT2D eigenvalue weighted by molar-refractivity contribution is 7.17. The van der Waals surface area contributed by atoms with Crippen LogP contribution in [0.4, 0.5) is 5.13 Å². The van der Waals surface area contributed by atoms with E-state index >= 15 is 0 Å². The zero-order valence-electron chi connectivity index (χ0n) is 16.0. The summed E-state index contributed by atoms with van der Waals surface area (Å²) in [6.07, 6.45) is 1.66. The fraction of sp³-hybridized carbons (Fsp3) is 0.190. The van der Waals surface area contributed by atoms with Crippen molar-refractivity contribution in [3.8, 4) is 5.75 Å². The summed E-state index contributed by atoms with van der Waals surface area (Å²) in [6, 6.07) is 15.1. The Hall–Kier alpha value is -2.90. The summed E-state index contributed by atoms with van der Waals surface area (Å²) >= 11 is 7.10. The number of halogens is 1. The molecule has 0 radical (unpaired) electrons. The first kappa shape index (κ1) is 20.8. The number of aryl methyl sites for hydroxylation is 1. The number of carbonyl (C=O) groups excluding carboxylic acids is 1. The van der Waals surface area contributed by atoms with Gasteiger partial charge >= 0.3 is 5.97 Å². The Morgan fingerprint density at radius 3 is 2.83 bits per heavy atom. The smallest absolute Gasteiger partial charge is 0.350 e. The van der Waals surface area contributed by atoms with E-state index in [2.05, 4.69) is 15.5 Å². The molecule has 0 aliphatic carbocycles. The van der Waals surface area contributed by atoms with Gasteiger partial charge in [-0.1, -0.05) is 47.2 Å². The lowest BCUT2D eigenvalue weighted by Crippen LogP contribution is -2.03. The van der Waals surface area contributed by atoms with Crippen LogP contribution in [0.2, 0.25) is 5.02 Å². The molecule has 1 aromatic heterocycles. The molecule has 0 unspecified atom stereocenters. The largest absolute Gasteiger partial charge is 0.489 e. The number of thiazole rings is 1. The summed E-state index contributed by atoms with van der Waals surface area (Å²) in [5.74, 6) is 0.364. The lowest BCUT2D eigenvalue weighted by molar-refractivity contribution is 0.0531. The molecule has 3 aromatic rings. The molecule has 2 aromatic carbocycles. The average molecular weight is 430 g/mol. The van der Waals surface area contributed by atoms with E-state index in [1.165, 1.54) is 11.3 Å². The van der Waals surface area contributed by atoms with E-state index in [0.717, 1.165) is 16.9 Å². The Morgan fingerprint density at radius 2 is 2.07 bits per heavy atom. The number of nitrogens with one attached hydrogen (secondary N) is 1. The zero-order valence-corrected chi connectivity index (χ0v) is 17.6. The third-order valence-electron chi connectivity index (χ3n) is 3.81. The number of esters is 1. The number of benzene rings is 2. The zero-order chi connectivity index (χ0) is 20.6. The third-order valence-corrected chi connectivity index (χ3v) is 5.10. The fourth-order valence-corrected chi connectivity index (χ4v) is 3.36. The molecule has 0 atom stereocenters. The predicted octanol–water partition coefficient (Wildman–Crippen LogP) is 5.31. The van der Waals surface area contributed by atoms with E-state index < -0.39 is 0 Å². The number of hydrogen-bond acceptors (Lipinski definition) is 7. The van der Waals surface area contributed by atoms with Gasteiger partial charge in [0.05, 0.1) is 18.5 Å². The minimum absolute atomic E-state index is 0.327. The Balaban J connectivity index is 1.58. The molecular formula is C21H20ClN3O3S. The van der Waals surface area contributed by atoms with Crippen LogP contribution in [0.5, 0.6) is 5.75 Å². The van der Waals surface area contributed by atoms with Crippen molar-refractivity contribution in [2.45, 2.75) is 20.5 Å². The Bertz CT molecular complexity index is 1000. The predicted molar refractivity (Wildman–Crippen MR) is 116 cm³/mol. The lowest BCUT2D eigenvalue weighted by atomic mass is 10.2. The Morgan fingerprint density at radius 1 is 1.28 bits per heavy atom. The standard InChI is InChI=1S/C21H20ClN3O3S/c1-3-27-20(26)19-14(2)24-21(29-19)25-23-12-16-5-4-6-18(11-16)28-13-15-7-9-17(22)10-8-15/h4-12H,3,13H2,1-2H3,(H,24,25)/b23-12-. The highest BCUT2D eigenvalue weighted by atomic mass is 35.5. The topological polar surface area (TPSA) is 72.8 Å². The number of hydrogen-bond donors (Lipinski definition) is 1. The van der Waals surface area contributed by atoms with Crippen LogP contribution in [-0.4, -0.2) is 23.8 Å². The highest BCUT2D eigenvalue weighted by Gasteiger charge is 2.15. The maximum absolute atomic E-state index is 11.9. The summed E-state index contributed by atoms with van der Waals surface area (Å²) in [5.41, 5.74) is 5.36. The van der Waals surface area contributed by atoms with E-state index in [9.17, 15) is 4.79 Å². The van der Waals surface area contributed by atoms with E-state index in [4.69, 9.17) is 21.1 Å². The molecule has 0 saturated heterocycles. The van der Waals surface area contributed by atoms with Gasteiger partial charge in [-0.15, -0.1) is 0 Å². The number of anilines is 1. The molecule has 0 saturated carbocycles. The molecule has 29 heavy (non-hydrogen) atoms. The number of nitrogens with zero attached hydrogens (tertiary/aromatic N) is 2. The van der Waals surface area contributed by atoms with Gasteiger partial charge in [0.15, 0.2) is 0 Å². The summed E-state index contributed by atoms with van der Waals surface area (Å²) in [7, 11) is 0. The van der Waals surface area contributed by atoms with Crippen LogP contribution in [-0.2, 0) is 11.3 Å². The minimum atomic E-state index is -0.370. The van der Waals surface area contributed by atoms with Gasteiger partial charge in [0.25, 0.3) is 0 Å². The monoisotopic (exact) mass is 429 g/mol. The van der Waals surface area contributed by atoms with Crippen molar-refractivity contribution in [3.05, 3.63) is 75.3 Å². The summed E-state index contributed by atoms with van der Waals surface area (Å²) in [4.78, 5) is 16.6. The van der Waals surface area contributed by atoms with Crippen molar-refractivity contribution >= 4 is 40.3 Å². The molecule has 0 aliphatic heterocycles. The van der Waals surface area contributed by atoms with Gasteiger partial charge in [-0.2, -0.15) is 5.10 Å². The molecule has 6 nitrogen and oxygen atoms in total. The number of aromatic nitrogens is 1. The first-order chi connectivity index (χ1) is 14.0. The number of carbonyl (C=O) groups is 1. The molecule has 0 spiro atoms. The van der Waals surface area contributed by atoms with Crippen LogP contribution in [0.25, 0.3) is 0 Å². The molecule has 150 valence electrons. The maximum Gasteiger partial charge on any atom is 0.350 e. The summed E-state index contributed by atoms with van der Waals surface area (Å²) in [6.45, 7) is 4.31. The van der Waals surface area contributed by atoms with Gasteiger partial charge in [0, 0.05) is 5.02 Å². The second kappa shape index (κ2) is 10.0. The van der Waals surface area contributed by atoms with E-state index in [0.29, 0.717) is 33.9 Å². The first-order valence-corrected chi connectivity index (χ1v) is 10.2. The van der Waals surface area contributed by atoms with E-state index in [1.54, 1.807) is 20.1 Å². The molecule has 8 heteroatoms. The molecule has 3 rings (SSSR count). The van der Waals surface area contributed by atoms with Crippen LogP contribution in [0, 0.1) is 6.92 Å². The molecule has 0 aliphatic rings. The number of hydrazone groups is 1. The molecule has 0 bridgehead atoms. The maximum atomic E-state index is 11.9. The van der Waals surface area contributed by atoms with Gasteiger partial charge in [0.2, 0.25) is 5.13 Å². The van der Waals surface area contributed by atoms with E-state index in [1.807, 2.05) is 48.5 Å².